The quantitative estimate of drug-likeness (QED) is 0.328. The van der Waals surface area contributed by atoms with E-state index in [9.17, 15) is 5.11 Å². The summed E-state index contributed by atoms with van der Waals surface area (Å²) in [7, 11) is 0. The number of hydrogen-bond acceptors (Lipinski definition) is 3. The van der Waals surface area contributed by atoms with E-state index < -0.39 is 5.60 Å². The van der Waals surface area contributed by atoms with Crippen molar-refractivity contribution < 1.29 is 5.11 Å². The molecule has 5 N–H and O–H groups in total. The molecule has 0 atom stereocenters. The summed E-state index contributed by atoms with van der Waals surface area (Å²) in [6.45, 7) is 0.552. The summed E-state index contributed by atoms with van der Waals surface area (Å²) in [4.78, 5) is 0. The Morgan fingerprint density at radius 2 is 2.36 bits per heavy atom. The average Bonchev–Trinajstić information content (AvgIpc) is 2.62. The van der Waals surface area contributed by atoms with Crippen LogP contribution in [0.5, 0.6) is 0 Å². The van der Waals surface area contributed by atoms with Gasteiger partial charge in [-0.3, -0.25) is 5.41 Å². The van der Waals surface area contributed by atoms with Crippen LogP contribution in [-0.4, -0.2) is 23.1 Å². The van der Waals surface area contributed by atoms with Gasteiger partial charge in [-0.05, 0) is 18.9 Å². The van der Waals surface area contributed by atoms with E-state index >= 15 is 0 Å². The van der Waals surface area contributed by atoms with Gasteiger partial charge in [0, 0.05) is 12.7 Å². The average molecular weight is 155 g/mol. The Morgan fingerprint density at radius 3 is 2.82 bits per heavy atom. The lowest BCUT2D eigenvalue weighted by molar-refractivity contribution is 0.152. The minimum Gasteiger partial charge on any atom is -0.388 e. The summed E-state index contributed by atoms with van der Waals surface area (Å²) >= 11 is 0. The highest BCUT2D eigenvalue weighted by atomic mass is 16.3. The molecule has 11 heavy (non-hydrogen) atoms. The number of nitrogens with one attached hydrogen (secondary N) is 2. The first kappa shape index (κ1) is 8.07. The molecule has 1 aliphatic rings. The van der Waals surface area contributed by atoms with Crippen molar-refractivity contribution in [3.63, 3.8) is 0 Å². The van der Waals surface area contributed by atoms with Crippen molar-refractivity contribution >= 4 is 5.84 Å². The van der Waals surface area contributed by atoms with Crippen LogP contribution in [0.2, 0.25) is 0 Å². The lowest BCUT2D eigenvalue weighted by Gasteiger charge is -2.05. The van der Waals surface area contributed by atoms with Crippen LogP contribution in [0, 0.1) is 5.41 Å². The van der Waals surface area contributed by atoms with E-state index in [1.54, 1.807) is 6.20 Å². The molecule has 0 aromatic rings. The van der Waals surface area contributed by atoms with E-state index in [1.165, 1.54) is 6.08 Å². The predicted molar refractivity (Wildman–Crippen MR) is 43.2 cm³/mol. The Labute approximate surface area is 65.6 Å². The molecule has 1 saturated carbocycles. The van der Waals surface area contributed by atoms with Gasteiger partial charge in [-0.15, -0.1) is 0 Å². The zero-order chi connectivity index (χ0) is 8.32. The van der Waals surface area contributed by atoms with Gasteiger partial charge >= 0.3 is 0 Å². The smallest absolute Gasteiger partial charge is 0.116 e. The molecule has 0 radical (unpaired) electrons. The van der Waals surface area contributed by atoms with Gasteiger partial charge in [0.2, 0.25) is 0 Å². The van der Waals surface area contributed by atoms with Crippen LogP contribution < -0.4 is 11.1 Å². The molecule has 0 spiro atoms. The topological polar surface area (TPSA) is 82.1 Å². The van der Waals surface area contributed by atoms with Gasteiger partial charge < -0.3 is 16.2 Å². The fraction of sp³-hybridized carbons (Fsp3) is 0.571. The van der Waals surface area contributed by atoms with Crippen LogP contribution >= 0.6 is 0 Å². The van der Waals surface area contributed by atoms with Crippen molar-refractivity contribution in [2.75, 3.05) is 6.54 Å². The van der Waals surface area contributed by atoms with Crippen LogP contribution in [0.1, 0.15) is 12.8 Å². The second kappa shape index (κ2) is 2.92. The Morgan fingerprint density at radius 1 is 1.73 bits per heavy atom. The summed E-state index contributed by atoms with van der Waals surface area (Å²) in [5.74, 6) is 0.0142. The second-order valence-electron chi connectivity index (χ2n) is 2.89. The Bertz CT molecular complexity index is 184. The van der Waals surface area contributed by atoms with Crippen molar-refractivity contribution in [1.29, 1.82) is 5.41 Å². The molecule has 0 aliphatic heterocycles. The second-order valence-corrected chi connectivity index (χ2v) is 2.89. The van der Waals surface area contributed by atoms with Crippen LogP contribution in [0.3, 0.4) is 0 Å². The first-order valence-electron chi connectivity index (χ1n) is 3.59. The van der Waals surface area contributed by atoms with Crippen LogP contribution in [0.25, 0.3) is 0 Å². The van der Waals surface area contributed by atoms with E-state index in [0.29, 0.717) is 6.54 Å². The first-order valence-corrected chi connectivity index (χ1v) is 3.59. The zero-order valence-corrected chi connectivity index (χ0v) is 6.30. The maximum atomic E-state index is 9.31. The number of rotatable bonds is 4. The fourth-order valence-electron chi connectivity index (χ4n) is 0.719. The summed E-state index contributed by atoms with van der Waals surface area (Å²) in [5, 5.41) is 19.0. The van der Waals surface area contributed by atoms with Gasteiger partial charge in [0.1, 0.15) is 5.84 Å². The maximum Gasteiger partial charge on any atom is 0.116 e. The number of aliphatic hydroxyl groups is 1. The SMILES string of the molecule is N=C(N)/C=C\NCC1(O)CC1. The molecule has 0 aromatic heterocycles. The van der Waals surface area contributed by atoms with E-state index in [4.69, 9.17) is 11.1 Å². The minimum atomic E-state index is -0.485. The number of nitrogens with two attached hydrogens (primary N) is 1. The molecule has 4 heteroatoms. The van der Waals surface area contributed by atoms with Crippen molar-refractivity contribution in [3.05, 3.63) is 12.3 Å². The lowest BCUT2D eigenvalue weighted by Crippen LogP contribution is -2.24. The van der Waals surface area contributed by atoms with Gasteiger partial charge in [-0.1, -0.05) is 0 Å². The Hall–Kier alpha value is -1.03. The van der Waals surface area contributed by atoms with Gasteiger partial charge in [-0.2, -0.15) is 0 Å². The van der Waals surface area contributed by atoms with Gasteiger partial charge in [0.05, 0.1) is 5.60 Å². The lowest BCUT2D eigenvalue weighted by atomic mass is 10.3. The maximum absolute atomic E-state index is 9.31. The first-order chi connectivity index (χ1) is 5.12. The normalized spacial score (nSPS) is 20.1. The van der Waals surface area contributed by atoms with Gasteiger partial charge in [0.15, 0.2) is 0 Å². The molecule has 0 unspecified atom stereocenters. The molecule has 1 fully saturated rings. The largest absolute Gasteiger partial charge is 0.388 e. The minimum absolute atomic E-state index is 0.0142. The predicted octanol–water partition coefficient (Wildman–Crippen LogP) is -0.449. The summed E-state index contributed by atoms with van der Waals surface area (Å²) in [6, 6.07) is 0. The summed E-state index contributed by atoms with van der Waals surface area (Å²) in [5.41, 5.74) is 4.57. The van der Waals surface area contributed by atoms with E-state index in [0.717, 1.165) is 12.8 Å². The van der Waals surface area contributed by atoms with Crippen LogP contribution in [0.4, 0.5) is 0 Å². The van der Waals surface area contributed by atoms with Gasteiger partial charge in [-0.25, -0.2) is 0 Å². The zero-order valence-electron chi connectivity index (χ0n) is 6.30. The molecule has 4 nitrogen and oxygen atoms in total. The third kappa shape index (κ3) is 3.04. The molecule has 1 rings (SSSR count). The van der Waals surface area contributed by atoms with Crippen molar-refractivity contribution in [2.24, 2.45) is 5.73 Å². The van der Waals surface area contributed by atoms with Crippen molar-refractivity contribution in [2.45, 2.75) is 18.4 Å². The van der Waals surface area contributed by atoms with Crippen LogP contribution in [0.15, 0.2) is 12.3 Å². The third-order valence-corrected chi connectivity index (χ3v) is 1.64. The monoisotopic (exact) mass is 155 g/mol. The molecule has 62 valence electrons. The molecule has 1 aliphatic carbocycles. The van der Waals surface area contributed by atoms with E-state index in [1.807, 2.05) is 0 Å². The molecule has 0 saturated heterocycles. The highest BCUT2D eigenvalue weighted by Gasteiger charge is 2.39. The molecular weight excluding hydrogens is 142 g/mol. The molecular formula is C7H13N3O. The molecule has 0 bridgehead atoms. The van der Waals surface area contributed by atoms with Crippen molar-refractivity contribution in [3.8, 4) is 0 Å². The van der Waals surface area contributed by atoms with Crippen molar-refractivity contribution in [1.82, 2.24) is 5.32 Å². The highest BCUT2D eigenvalue weighted by molar-refractivity contribution is 5.88. The fourth-order valence-corrected chi connectivity index (χ4v) is 0.719. The third-order valence-electron chi connectivity index (χ3n) is 1.64. The summed E-state index contributed by atoms with van der Waals surface area (Å²) in [6.07, 6.45) is 4.77. The molecule has 0 aromatic carbocycles. The van der Waals surface area contributed by atoms with Gasteiger partial charge in [0.25, 0.3) is 0 Å². The standard InChI is InChI=1S/C7H13N3O/c8-6(9)1-4-10-5-7(11)2-3-7/h1,4,10-11H,2-3,5H2,(H3,8,9)/b4-1-. The number of hydrogen-bond donors (Lipinski definition) is 4. The molecule has 0 amide bonds. The Kier molecular flexibility index (Phi) is 2.14. The van der Waals surface area contributed by atoms with E-state index in [-0.39, 0.29) is 5.84 Å². The van der Waals surface area contributed by atoms with Crippen LogP contribution in [-0.2, 0) is 0 Å². The number of amidine groups is 1. The Balaban J connectivity index is 2.08. The highest BCUT2D eigenvalue weighted by Crippen LogP contribution is 2.33. The summed E-state index contributed by atoms with van der Waals surface area (Å²) < 4.78 is 0. The molecule has 0 heterocycles. The van der Waals surface area contributed by atoms with E-state index in [2.05, 4.69) is 5.32 Å².